The van der Waals surface area contributed by atoms with Crippen LogP contribution in [0.1, 0.15) is 42.9 Å². The Kier molecular flexibility index (Phi) is 8.97. The Labute approximate surface area is 271 Å². The lowest BCUT2D eigenvalue weighted by molar-refractivity contribution is -0.150. The summed E-state index contributed by atoms with van der Waals surface area (Å²) in [6, 6.07) is 12.9. The third-order valence-corrected chi connectivity index (χ3v) is 12.9. The number of carbonyl (C=O) groups excluding carboxylic acids is 3. The summed E-state index contributed by atoms with van der Waals surface area (Å²) in [5, 5.41) is 16.5. The smallest absolute Gasteiger partial charge is 0.264 e. The van der Waals surface area contributed by atoms with E-state index in [4.69, 9.17) is 4.74 Å². The topological polar surface area (TPSA) is 111 Å². The number of fused-ring (bicyclic) bond motifs is 3. The molecule has 6 rings (SSSR count). The monoisotopic (exact) mass is 648 g/mol. The summed E-state index contributed by atoms with van der Waals surface area (Å²) in [7, 11) is -3.51. The Balaban J connectivity index is 1.34. The molecule has 6 atom stereocenters. The number of ether oxygens (including phenoxy) is 1. The van der Waals surface area contributed by atoms with Gasteiger partial charge in [-0.3, -0.25) is 14.4 Å². The highest BCUT2D eigenvalue weighted by Gasteiger charge is 2.67. The molecule has 1 unspecified atom stereocenters. The van der Waals surface area contributed by atoms with Gasteiger partial charge in [0.15, 0.2) is 5.60 Å². The quantitative estimate of drug-likeness (QED) is 0.224. The zero-order valence-corrected chi connectivity index (χ0v) is 27.9. The van der Waals surface area contributed by atoms with E-state index in [9.17, 15) is 19.5 Å². The van der Waals surface area contributed by atoms with Crippen molar-refractivity contribution in [3.05, 3.63) is 71.8 Å². The van der Waals surface area contributed by atoms with E-state index in [-0.39, 0.29) is 43.2 Å². The molecule has 46 heavy (non-hydrogen) atoms. The van der Waals surface area contributed by atoms with Crippen LogP contribution in [0.5, 0.6) is 0 Å². The minimum atomic E-state index is -3.51. The van der Waals surface area contributed by atoms with Gasteiger partial charge in [0.25, 0.3) is 5.91 Å². The number of rotatable bonds is 8. The van der Waals surface area contributed by atoms with Crippen LogP contribution in [0, 0.1) is 11.8 Å². The molecule has 3 N–H and O–H groups in total. The zero-order valence-electron chi connectivity index (χ0n) is 26.9. The maximum Gasteiger partial charge on any atom is 0.264 e. The van der Waals surface area contributed by atoms with Crippen LogP contribution in [0.15, 0.2) is 55.1 Å². The zero-order chi connectivity index (χ0) is 32.8. The third kappa shape index (κ3) is 5.61. The van der Waals surface area contributed by atoms with Gasteiger partial charge in [0, 0.05) is 42.3 Å². The number of nitrogens with zero attached hydrogens (tertiary/aromatic N) is 2. The van der Waals surface area contributed by atoms with Crippen molar-refractivity contribution in [2.75, 3.05) is 36.5 Å². The SMILES string of the molecule is C=CCN1C(=O)[C@]2(O[C@H](CC(=O)N3Cc4ccccc4C[C@H]3CO)[C@@H]([Si](C)(C)F)[C@@H]2C)c2cc(NC(=O)C3CCCNC3)ccc21. The molecule has 9 nitrogen and oxygen atoms in total. The van der Waals surface area contributed by atoms with Gasteiger partial charge >= 0.3 is 0 Å². The fourth-order valence-electron chi connectivity index (χ4n) is 8.29. The molecule has 1 spiro atoms. The van der Waals surface area contributed by atoms with Crippen LogP contribution in [-0.4, -0.2) is 74.5 Å². The van der Waals surface area contributed by atoms with Crippen LogP contribution in [0.3, 0.4) is 0 Å². The van der Waals surface area contributed by atoms with E-state index >= 15 is 4.11 Å². The van der Waals surface area contributed by atoms with Gasteiger partial charge in [0.2, 0.25) is 20.2 Å². The molecule has 4 heterocycles. The normalized spacial score (nSPS) is 29.1. The van der Waals surface area contributed by atoms with Crippen molar-refractivity contribution in [1.29, 1.82) is 0 Å². The molecule has 0 aromatic heterocycles. The maximum absolute atomic E-state index is 16.4. The van der Waals surface area contributed by atoms with Crippen molar-refractivity contribution in [1.82, 2.24) is 10.2 Å². The second-order valence-corrected chi connectivity index (χ2v) is 17.6. The summed E-state index contributed by atoms with van der Waals surface area (Å²) >= 11 is 0. The average Bonchev–Trinajstić information content (AvgIpc) is 3.46. The number of hydrogen-bond donors (Lipinski definition) is 3. The summed E-state index contributed by atoms with van der Waals surface area (Å²) in [5.41, 5.74) is 1.69. The molecule has 2 aromatic carbocycles. The molecular formula is C35H45FN4O5Si. The molecule has 4 aliphatic rings. The molecule has 2 fully saturated rings. The van der Waals surface area contributed by atoms with Gasteiger partial charge in [0.1, 0.15) is 0 Å². The van der Waals surface area contributed by atoms with Crippen LogP contribution >= 0.6 is 0 Å². The van der Waals surface area contributed by atoms with Crippen LogP contribution in [0.4, 0.5) is 15.5 Å². The highest BCUT2D eigenvalue weighted by molar-refractivity contribution is 6.72. The molecule has 0 saturated carbocycles. The number of amides is 3. The van der Waals surface area contributed by atoms with Crippen molar-refractivity contribution in [3.8, 4) is 0 Å². The van der Waals surface area contributed by atoms with Gasteiger partial charge in [-0.15, -0.1) is 6.58 Å². The van der Waals surface area contributed by atoms with Crippen molar-refractivity contribution >= 4 is 37.5 Å². The van der Waals surface area contributed by atoms with Crippen LogP contribution < -0.4 is 15.5 Å². The molecule has 2 aromatic rings. The largest absolute Gasteiger partial charge is 0.394 e. The van der Waals surface area contributed by atoms with E-state index in [2.05, 4.69) is 17.2 Å². The fourth-order valence-corrected chi connectivity index (χ4v) is 10.8. The van der Waals surface area contributed by atoms with E-state index in [1.807, 2.05) is 31.2 Å². The molecule has 4 aliphatic heterocycles. The average molecular weight is 649 g/mol. The number of nitrogens with one attached hydrogen (secondary N) is 2. The van der Waals surface area contributed by atoms with E-state index in [1.165, 1.54) is 0 Å². The van der Waals surface area contributed by atoms with E-state index in [0.717, 1.165) is 30.5 Å². The van der Waals surface area contributed by atoms with Crippen LogP contribution in [0.25, 0.3) is 0 Å². The Bertz CT molecular complexity index is 1520. The summed E-state index contributed by atoms with van der Waals surface area (Å²) in [6.45, 7) is 10.8. The fraction of sp³-hybridized carbons (Fsp3) is 0.514. The van der Waals surface area contributed by atoms with E-state index in [0.29, 0.717) is 36.4 Å². The van der Waals surface area contributed by atoms with Gasteiger partial charge in [-0.1, -0.05) is 37.3 Å². The number of aliphatic hydroxyl groups is 1. The summed E-state index contributed by atoms with van der Waals surface area (Å²) in [5.74, 6) is -1.37. The maximum atomic E-state index is 16.4. The number of piperidine rings is 1. The van der Waals surface area contributed by atoms with Gasteiger partial charge in [-0.05, 0) is 68.2 Å². The van der Waals surface area contributed by atoms with Crippen molar-refractivity contribution in [2.24, 2.45) is 11.8 Å². The standard InChI is InChI=1S/C35H45FN4O5Si/c1-5-15-39-29-13-12-26(38-33(43)24-11-8-14-37-19-24)17-28(29)35(34(39)44)22(2)32(46(3,4)36)30(45-35)18-31(42)40-20-25-10-7-6-9-23(25)16-27(40)21-41/h5-7,9-10,12-13,17,22,24,27,30,32,37,41H,1,8,11,14-16,18-21H2,2-4H3,(H,38,43)/t22-,24?,27-,30+,32-,35+/m0/s1. The van der Waals surface area contributed by atoms with E-state index in [1.54, 1.807) is 47.2 Å². The summed E-state index contributed by atoms with van der Waals surface area (Å²) in [4.78, 5) is 44.8. The highest BCUT2D eigenvalue weighted by Crippen LogP contribution is 2.60. The Morgan fingerprint density at radius 2 is 2.00 bits per heavy atom. The predicted molar refractivity (Wildman–Crippen MR) is 177 cm³/mol. The minimum Gasteiger partial charge on any atom is -0.394 e. The number of halogens is 1. The predicted octanol–water partition coefficient (Wildman–Crippen LogP) is 4.27. The summed E-state index contributed by atoms with van der Waals surface area (Å²) < 4.78 is 23.1. The lowest BCUT2D eigenvalue weighted by Crippen LogP contribution is -2.48. The van der Waals surface area contributed by atoms with Gasteiger partial charge < -0.3 is 34.4 Å². The van der Waals surface area contributed by atoms with Crippen LogP contribution in [-0.2, 0) is 37.7 Å². The minimum absolute atomic E-state index is 0.0888. The molecular weight excluding hydrogens is 603 g/mol. The van der Waals surface area contributed by atoms with Crippen LogP contribution in [0.2, 0.25) is 18.6 Å². The molecule has 11 heteroatoms. The molecule has 0 aliphatic carbocycles. The number of benzene rings is 2. The summed E-state index contributed by atoms with van der Waals surface area (Å²) in [6.07, 6.45) is 2.94. The Morgan fingerprint density at radius 3 is 2.67 bits per heavy atom. The molecule has 0 radical (unpaired) electrons. The number of carbonyl (C=O) groups is 3. The highest BCUT2D eigenvalue weighted by atomic mass is 28.4. The molecule has 2 saturated heterocycles. The second kappa shape index (κ2) is 12.7. The lowest BCUT2D eigenvalue weighted by Gasteiger charge is -2.37. The lowest BCUT2D eigenvalue weighted by atomic mass is 9.82. The Morgan fingerprint density at radius 1 is 1.24 bits per heavy atom. The third-order valence-electron chi connectivity index (χ3n) is 10.5. The van der Waals surface area contributed by atoms with Crippen molar-refractivity contribution in [3.63, 3.8) is 0 Å². The molecule has 0 bridgehead atoms. The molecule has 3 amide bonds. The Hall–Kier alpha value is -3.38. The second-order valence-electron chi connectivity index (χ2n) is 13.8. The number of anilines is 2. The first-order valence-electron chi connectivity index (χ1n) is 16.4. The van der Waals surface area contributed by atoms with Gasteiger partial charge in [-0.25, -0.2) is 0 Å². The van der Waals surface area contributed by atoms with Gasteiger partial charge in [-0.2, -0.15) is 0 Å². The first-order chi connectivity index (χ1) is 22.0. The first kappa shape index (κ1) is 32.6. The van der Waals surface area contributed by atoms with Gasteiger partial charge in [0.05, 0.1) is 36.8 Å². The van der Waals surface area contributed by atoms with E-state index < -0.39 is 37.6 Å². The number of hydrogen-bond acceptors (Lipinski definition) is 6. The first-order valence-corrected chi connectivity index (χ1v) is 19.4. The molecule has 246 valence electrons. The number of aliphatic hydroxyl groups excluding tert-OH is 1. The van der Waals surface area contributed by atoms with Crippen molar-refractivity contribution < 1.29 is 28.3 Å². The van der Waals surface area contributed by atoms with Crippen molar-refractivity contribution in [2.45, 2.75) is 75.5 Å².